The maximum atomic E-state index is 12.6. The highest BCUT2D eigenvalue weighted by Gasteiger charge is 2.28. The van der Waals surface area contributed by atoms with E-state index in [1.54, 1.807) is 11.8 Å². The maximum absolute atomic E-state index is 12.6. The fourth-order valence-corrected chi connectivity index (χ4v) is 3.79. The van der Waals surface area contributed by atoms with Crippen LogP contribution in [0.4, 0.5) is 0 Å². The van der Waals surface area contributed by atoms with Gasteiger partial charge in [0.15, 0.2) is 11.5 Å². The van der Waals surface area contributed by atoms with Crippen LogP contribution in [0, 0.1) is 0 Å². The van der Waals surface area contributed by atoms with Crippen LogP contribution in [-0.2, 0) is 18.3 Å². The third kappa shape index (κ3) is 5.77. The zero-order valence-corrected chi connectivity index (χ0v) is 18.4. The Hall–Kier alpha value is -2.58. The van der Waals surface area contributed by atoms with E-state index in [0.29, 0.717) is 30.5 Å². The van der Waals surface area contributed by atoms with Crippen molar-refractivity contribution in [2.45, 2.75) is 31.7 Å². The highest BCUT2D eigenvalue weighted by Crippen LogP contribution is 2.39. The van der Waals surface area contributed by atoms with E-state index in [0.717, 1.165) is 56.3 Å². The smallest absolute Gasteiger partial charge is 0.269 e. The highest BCUT2D eigenvalue weighted by atomic mass is 16.5. The van der Waals surface area contributed by atoms with Crippen molar-refractivity contribution in [3.8, 4) is 11.5 Å². The standard InChI is InChI=1S/C23H32N4O4/c1-26-20(15-19(25-26)18-5-6-18)23(28)24-16-17-4-7-21(22(14-17)29-2)31-11-3-8-27-9-12-30-13-10-27/h4,7,14-15,18H,3,5-6,8-13,16H2,1-2H3,(H,24,28). The summed E-state index contributed by atoms with van der Waals surface area (Å²) < 4.78 is 18.5. The topological polar surface area (TPSA) is 77.8 Å². The summed E-state index contributed by atoms with van der Waals surface area (Å²) in [5.74, 6) is 1.80. The van der Waals surface area contributed by atoms with Crippen LogP contribution in [0.25, 0.3) is 0 Å². The van der Waals surface area contributed by atoms with E-state index in [4.69, 9.17) is 14.2 Å². The van der Waals surface area contributed by atoms with Gasteiger partial charge in [-0.2, -0.15) is 5.10 Å². The molecule has 8 heteroatoms. The third-order valence-electron chi connectivity index (χ3n) is 5.79. The van der Waals surface area contributed by atoms with Crippen LogP contribution in [0.5, 0.6) is 11.5 Å². The molecule has 1 aromatic carbocycles. The van der Waals surface area contributed by atoms with Gasteiger partial charge in [0.05, 0.1) is 32.6 Å². The van der Waals surface area contributed by atoms with E-state index >= 15 is 0 Å². The minimum absolute atomic E-state index is 0.121. The SMILES string of the molecule is COc1cc(CNC(=O)c2cc(C3CC3)nn2C)ccc1OCCCN1CCOCC1. The fourth-order valence-electron chi connectivity index (χ4n) is 3.79. The Labute approximate surface area is 183 Å². The number of ether oxygens (including phenoxy) is 3. The number of nitrogens with zero attached hydrogens (tertiary/aromatic N) is 3. The summed E-state index contributed by atoms with van der Waals surface area (Å²) in [6.45, 7) is 5.66. The number of hydrogen-bond acceptors (Lipinski definition) is 6. The van der Waals surface area contributed by atoms with Crippen molar-refractivity contribution < 1.29 is 19.0 Å². The molecule has 4 rings (SSSR count). The Balaban J connectivity index is 1.26. The number of rotatable bonds is 10. The number of amides is 1. The number of hydrogen-bond donors (Lipinski definition) is 1. The summed E-state index contributed by atoms with van der Waals surface area (Å²) >= 11 is 0. The first-order valence-electron chi connectivity index (χ1n) is 11.1. The zero-order valence-electron chi connectivity index (χ0n) is 18.4. The first-order valence-corrected chi connectivity index (χ1v) is 11.1. The number of methoxy groups -OCH3 is 1. The maximum Gasteiger partial charge on any atom is 0.269 e. The zero-order chi connectivity index (χ0) is 21.6. The fraction of sp³-hybridized carbons (Fsp3) is 0.565. The van der Waals surface area contributed by atoms with E-state index in [9.17, 15) is 4.79 Å². The predicted octanol–water partition coefficient (Wildman–Crippen LogP) is 2.34. The second-order valence-electron chi connectivity index (χ2n) is 8.18. The lowest BCUT2D eigenvalue weighted by molar-refractivity contribution is 0.0357. The molecule has 8 nitrogen and oxygen atoms in total. The second-order valence-corrected chi connectivity index (χ2v) is 8.18. The van der Waals surface area contributed by atoms with Crippen molar-refractivity contribution in [2.24, 2.45) is 7.05 Å². The summed E-state index contributed by atoms with van der Waals surface area (Å²) in [4.78, 5) is 15.0. The molecular formula is C23H32N4O4. The van der Waals surface area contributed by atoms with Gasteiger partial charge < -0.3 is 19.5 Å². The van der Waals surface area contributed by atoms with E-state index in [-0.39, 0.29) is 5.91 Å². The van der Waals surface area contributed by atoms with Gasteiger partial charge in [-0.1, -0.05) is 6.07 Å². The summed E-state index contributed by atoms with van der Waals surface area (Å²) in [6, 6.07) is 7.68. The first kappa shape index (κ1) is 21.6. The lowest BCUT2D eigenvalue weighted by atomic mass is 10.2. The van der Waals surface area contributed by atoms with Gasteiger partial charge >= 0.3 is 0 Å². The Morgan fingerprint density at radius 2 is 2.03 bits per heavy atom. The summed E-state index contributed by atoms with van der Waals surface area (Å²) in [5, 5.41) is 7.44. The molecule has 168 valence electrons. The Morgan fingerprint density at radius 3 is 2.77 bits per heavy atom. The largest absolute Gasteiger partial charge is 0.493 e. The lowest BCUT2D eigenvalue weighted by Crippen LogP contribution is -2.37. The number of benzene rings is 1. The average Bonchev–Trinajstić information content (AvgIpc) is 3.57. The second kappa shape index (κ2) is 10.2. The number of carbonyl (C=O) groups excluding carboxylic acids is 1. The molecule has 1 amide bonds. The van der Waals surface area contributed by atoms with Crippen molar-refractivity contribution in [2.75, 3.05) is 46.6 Å². The van der Waals surface area contributed by atoms with Gasteiger partial charge in [0.25, 0.3) is 5.91 Å². The van der Waals surface area contributed by atoms with Crippen LogP contribution in [0.2, 0.25) is 0 Å². The van der Waals surface area contributed by atoms with Gasteiger partial charge in [-0.3, -0.25) is 14.4 Å². The van der Waals surface area contributed by atoms with Crippen molar-refractivity contribution in [1.82, 2.24) is 20.0 Å². The number of nitrogens with one attached hydrogen (secondary N) is 1. The van der Waals surface area contributed by atoms with Crippen molar-refractivity contribution in [3.63, 3.8) is 0 Å². The molecule has 2 fully saturated rings. The normalized spacial score (nSPS) is 16.8. The molecule has 1 saturated carbocycles. The monoisotopic (exact) mass is 428 g/mol. The molecule has 0 spiro atoms. The summed E-state index contributed by atoms with van der Waals surface area (Å²) in [5.41, 5.74) is 2.56. The van der Waals surface area contributed by atoms with E-state index in [1.807, 2.05) is 31.3 Å². The average molecular weight is 429 g/mol. The van der Waals surface area contributed by atoms with Crippen LogP contribution >= 0.6 is 0 Å². The molecule has 1 aliphatic heterocycles. The Bertz CT molecular complexity index is 888. The van der Waals surface area contributed by atoms with Gasteiger partial charge in [-0.25, -0.2) is 0 Å². The molecule has 1 N–H and O–H groups in total. The number of carbonyl (C=O) groups is 1. The number of aryl methyl sites for hydroxylation is 1. The summed E-state index contributed by atoms with van der Waals surface area (Å²) in [7, 11) is 3.45. The van der Waals surface area contributed by atoms with E-state index in [1.165, 1.54) is 12.8 Å². The lowest BCUT2D eigenvalue weighted by Gasteiger charge is -2.26. The molecule has 1 aromatic heterocycles. The van der Waals surface area contributed by atoms with Gasteiger partial charge in [0.2, 0.25) is 0 Å². The van der Waals surface area contributed by atoms with Gasteiger partial charge in [0, 0.05) is 39.1 Å². The van der Waals surface area contributed by atoms with Gasteiger partial charge in [0.1, 0.15) is 5.69 Å². The Morgan fingerprint density at radius 1 is 1.23 bits per heavy atom. The predicted molar refractivity (Wildman–Crippen MR) is 117 cm³/mol. The molecule has 2 aromatic rings. The van der Waals surface area contributed by atoms with Crippen molar-refractivity contribution in [1.29, 1.82) is 0 Å². The molecule has 0 unspecified atom stereocenters. The number of aromatic nitrogens is 2. The Kier molecular flexibility index (Phi) is 7.09. The van der Waals surface area contributed by atoms with Crippen molar-refractivity contribution >= 4 is 5.91 Å². The van der Waals surface area contributed by atoms with Gasteiger partial charge in [-0.15, -0.1) is 0 Å². The van der Waals surface area contributed by atoms with Crippen LogP contribution in [0.3, 0.4) is 0 Å². The van der Waals surface area contributed by atoms with Gasteiger partial charge in [-0.05, 0) is 43.0 Å². The molecule has 0 atom stereocenters. The molecule has 2 aliphatic rings. The quantitative estimate of drug-likeness (QED) is 0.586. The molecule has 0 radical (unpaired) electrons. The van der Waals surface area contributed by atoms with E-state index in [2.05, 4.69) is 15.3 Å². The minimum atomic E-state index is -0.121. The number of morpholine rings is 1. The minimum Gasteiger partial charge on any atom is -0.493 e. The summed E-state index contributed by atoms with van der Waals surface area (Å²) in [6.07, 6.45) is 3.29. The highest BCUT2D eigenvalue weighted by molar-refractivity contribution is 5.92. The van der Waals surface area contributed by atoms with Crippen LogP contribution < -0.4 is 14.8 Å². The molecule has 1 saturated heterocycles. The first-order chi connectivity index (χ1) is 15.1. The third-order valence-corrected chi connectivity index (χ3v) is 5.79. The van der Waals surface area contributed by atoms with Crippen LogP contribution in [0.1, 0.15) is 46.9 Å². The molecular weight excluding hydrogens is 396 g/mol. The molecule has 31 heavy (non-hydrogen) atoms. The van der Waals surface area contributed by atoms with Crippen molar-refractivity contribution in [3.05, 3.63) is 41.2 Å². The van der Waals surface area contributed by atoms with Crippen LogP contribution in [0.15, 0.2) is 24.3 Å². The van der Waals surface area contributed by atoms with E-state index < -0.39 is 0 Å². The molecule has 2 heterocycles. The van der Waals surface area contributed by atoms with Crippen LogP contribution in [-0.4, -0.2) is 67.2 Å². The molecule has 1 aliphatic carbocycles. The molecule has 0 bridgehead atoms.